The normalized spacial score (nSPS) is 13.3. The topological polar surface area (TPSA) is 78.9 Å². The maximum absolute atomic E-state index is 12.8. The van der Waals surface area contributed by atoms with Gasteiger partial charge in [0, 0.05) is 19.3 Å². The molecule has 1 atom stereocenters. The predicted molar refractivity (Wildman–Crippen MR) is 269 cm³/mol. The van der Waals surface area contributed by atoms with Crippen LogP contribution in [0.15, 0.2) is 134 Å². The van der Waals surface area contributed by atoms with Crippen LogP contribution in [0, 0.1) is 0 Å². The van der Waals surface area contributed by atoms with E-state index in [1.54, 1.807) is 0 Å². The molecular formula is C57H88O6. The third kappa shape index (κ3) is 48.4. The van der Waals surface area contributed by atoms with Crippen molar-refractivity contribution in [2.45, 2.75) is 194 Å². The summed E-state index contributed by atoms with van der Waals surface area (Å²) in [5.41, 5.74) is 0. The molecule has 0 saturated heterocycles. The molecular weight excluding hydrogens is 781 g/mol. The molecule has 0 aliphatic rings. The molecule has 0 rings (SSSR count). The van der Waals surface area contributed by atoms with Crippen LogP contribution in [0.25, 0.3) is 0 Å². The second-order valence-corrected chi connectivity index (χ2v) is 15.6. The Hall–Kier alpha value is -4.45. The standard InChI is InChI=1S/C57H88O6/c1-4-7-10-13-16-19-22-25-28-31-34-37-40-43-46-49-55(58)61-52-54(63-57(60)51-48-45-42-39-36-33-30-27-24-21-18-15-12-9-6-3)53-62-56(59)50-47-44-41-38-35-32-29-26-23-20-17-14-11-8-5-2/h7,9-10,12,16-21,25-30,34-39,54H,4-6,8,11,13-15,22-24,31-33,40-53H2,1-3H3/b10-7-,12-9-,19-16-,20-17-,21-18-,28-25-,29-26-,30-27-,37-34-,38-35-,39-36-/t54-/m1/s1. The number of rotatable bonds is 42. The van der Waals surface area contributed by atoms with E-state index in [0.29, 0.717) is 19.3 Å². The lowest BCUT2D eigenvalue weighted by Crippen LogP contribution is -2.30. The van der Waals surface area contributed by atoms with Crippen LogP contribution in [0.3, 0.4) is 0 Å². The van der Waals surface area contributed by atoms with Crippen molar-refractivity contribution in [3.63, 3.8) is 0 Å². The summed E-state index contributed by atoms with van der Waals surface area (Å²) in [4.78, 5) is 37.9. The summed E-state index contributed by atoms with van der Waals surface area (Å²) < 4.78 is 16.7. The molecule has 0 saturated carbocycles. The first-order chi connectivity index (χ1) is 31.0. The van der Waals surface area contributed by atoms with Crippen molar-refractivity contribution >= 4 is 17.9 Å². The van der Waals surface area contributed by atoms with Gasteiger partial charge in [0.2, 0.25) is 0 Å². The molecule has 0 aromatic rings. The maximum Gasteiger partial charge on any atom is 0.306 e. The Morgan fingerprint density at radius 1 is 0.333 bits per heavy atom. The lowest BCUT2D eigenvalue weighted by Gasteiger charge is -2.18. The minimum absolute atomic E-state index is 0.133. The Kier molecular flexibility index (Phi) is 46.7. The molecule has 63 heavy (non-hydrogen) atoms. The first kappa shape index (κ1) is 58.6. The van der Waals surface area contributed by atoms with E-state index in [1.165, 1.54) is 25.7 Å². The second-order valence-electron chi connectivity index (χ2n) is 15.6. The fourth-order valence-electron chi connectivity index (χ4n) is 5.96. The fourth-order valence-corrected chi connectivity index (χ4v) is 5.96. The van der Waals surface area contributed by atoms with Crippen molar-refractivity contribution in [2.24, 2.45) is 0 Å². The fraction of sp³-hybridized carbons (Fsp3) is 0.561. The first-order valence-electron chi connectivity index (χ1n) is 24.7. The number of allylic oxidation sites excluding steroid dienone is 22. The van der Waals surface area contributed by atoms with Gasteiger partial charge in [0.15, 0.2) is 6.10 Å². The number of carbonyl (C=O) groups is 3. The summed E-state index contributed by atoms with van der Waals surface area (Å²) in [6.07, 6.45) is 70.1. The molecule has 0 heterocycles. The quantitative estimate of drug-likeness (QED) is 0.0263. The van der Waals surface area contributed by atoms with Gasteiger partial charge >= 0.3 is 17.9 Å². The number of ether oxygens (including phenoxy) is 3. The van der Waals surface area contributed by atoms with E-state index < -0.39 is 6.10 Å². The zero-order valence-corrected chi connectivity index (χ0v) is 40.0. The monoisotopic (exact) mass is 869 g/mol. The highest BCUT2D eigenvalue weighted by Crippen LogP contribution is 2.10. The number of carbonyl (C=O) groups excluding carboxylic acids is 3. The average Bonchev–Trinajstić information content (AvgIpc) is 3.28. The van der Waals surface area contributed by atoms with Gasteiger partial charge in [-0.05, 0) is 135 Å². The molecule has 0 aromatic heterocycles. The predicted octanol–water partition coefficient (Wildman–Crippen LogP) is 16.3. The summed E-state index contributed by atoms with van der Waals surface area (Å²) in [5, 5.41) is 0. The third-order valence-corrected chi connectivity index (χ3v) is 9.62. The smallest absolute Gasteiger partial charge is 0.306 e. The van der Waals surface area contributed by atoms with Crippen molar-refractivity contribution in [1.82, 2.24) is 0 Å². The van der Waals surface area contributed by atoms with Crippen LogP contribution in [0.1, 0.15) is 188 Å². The molecule has 6 heteroatoms. The summed E-state index contributed by atoms with van der Waals surface area (Å²) >= 11 is 0. The molecule has 0 radical (unpaired) electrons. The lowest BCUT2D eigenvalue weighted by molar-refractivity contribution is -0.167. The summed E-state index contributed by atoms with van der Waals surface area (Å²) in [7, 11) is 0. The van der Waals surface area contributed by atoms with Gasteiger partial charge in [-0.15, -0.1) is 0 Å². The number of esters is 3. The van der Waals surface area contributed by atoms with Crippen molar-refractivity contribution in [3.8, 4) is 0 Å². The Balaban J connectivity index is 4.62. The van der Waals surface area contributed by atoms with Gasteiger partial charge in [0.1, 0.15) is 13.2 Å². The van der Waals surface area contributed by atoms with E-state index in [2.05, 4.69) is 154 Å². The zero-order valence-electron chi connectivity index (χ0n) is 40.0. The molecule has 0 spiro atoms. The molecule has 0 unspecified atom stereocenters. The third-order valence-electron chi connectivity index (χ3n) is 9.62. The van der Waals surface area contributed by atoms with Gasteiger partial charge < -0.3 is 14.2 Å². The molecule has 0 aliphatic carbocycles. The van der Waals surface area contributed by atoms with Crippen LogP contribution in [0.4, 0.5) is 0 Å². The van der Waals surface area contributed by atoms with Crippen molar-refractivity contribution in [1.29, 1.82) is 0 Å². The molecule has 352 valence electrons. The van der Waals surface area contributed by atoms with Crippen LogP contribution < -0.4 is 0 Å². The van der Waals surface area contributed by atoms with Gasteiger partial charge in [-0.25, -0.2) is 0 Å². The SMILES string of the molecule is CC/C=C\C/C=C\C/C=C\C/C=C\CCCCC(=O)OC[C@H](COC(=O)CCCC/C=C\C/C=C\C/C=C\CCCCC)OC(=O)CCCC/C=C\C/C=C\C/C=C\C/C=C\CC. The van der Waals surface area contributed by atoms with Crippen molar-refractivity contribution in [3.05, 3.63) is 134 Å². The molecule has 0 N–H and O–H groups in total. The van der Waals surface area contributed by atoms with Crippen LogP contribution >= 0.6 is 0 Å². The summed E-state index contributed by atoms with van der Waals surface area (Å²) in [6.45, 7) is 6.24. The van der Waals surface area contributed by atoms with Gasteiger partial charge in [-0.1, -0.05) is 167 Å². The highest BCUT2D eigenvalue weighted by atomic mass is 16.6. The van der Waals surface area contributed by atoms with E-state index in [-0.39, 0.29) is 50.4 Å². The van der Waals surface area contributed by atoms with Crippen molar-refractivity contribution in [2.75, 3.05) is 13.2 Å². The molecule has 6 nitrogen and oxygen atoms in total. The zero-order chi connectivity index (χ0) is 45.8. The Labute approximate surface area is 385 Å². The van der Waals surface area contributed by atoms with Gasteiger partial charge in [-0.2, -0.15) is 0 Å². The van der Waals surface area contributed by atoms with Crippen LogP contribution in [0.5, 0.6) is 0 Å². The van der Waals surface area contributed by atoms with Crippen molar-refractivity contribution < 1.29 is 28.6 Å². The molecule has 0 aromatic carbocycles. The molecule has 0 bridgehead atoms. The Morgan fingerprint density at radius 3 is 0.905 bits per heavy atom. The van der Waals surface area contributed by atoms with Crippen LogP contribution in [0.2, 0.25) is 0 Å². The molecule has 0 amide bonds. The minimum atomic E-state index is -0.836. The number of hydrogen-bond donors (Lipinski definition) is 0. The largest absolute Gasteiger partial charge is 0.462 e. The Morgan fingerprint density at radius 2 is 0.603 bits per heavy atom. The van der Waals surface area contributed by atoms with Crippen LogP contribution in [-0.4, -0.2) is 37.2 Å². The maximum atomic E-state index is 12.8. The van der Waals surface area contributed by atoms with Gasteiger partial charge in [0.05, 0.1) is 0 Å². The first-order valence-corrected chi connectivity index (χ1v) is 24.7. The van der Waals surface area contributed by atoms with E-state index in [0.717, 1.165) is 103 Å². The van der Waals surface area contributed by atoms with Gasteiger partial charge in [-0.3, -0.25) is 14.4 Å². The van der Waals surface area contributed by atoms with E-state index in [9.17, 15) is 14.4 Å². The van der Waals surface area contributed by atoms with E-state index in [1.807, 2.05) is 0 Å². The highest BCUT2D eigenvalue weighted by molar-refractivity contribution is 5.71. The highest BCUT2D eigenvalue weighted by Gasteiger charge is 2.19. The Bertz CT molecular complexity index is 1420. The second kappa shape index (κ2) is 50.2. The minimum Gasteiger partial charge on any atom is -0.462 e. The lowest BCUT2D eigenvalue weighted by atomic mass is 10.1. The van der Waals surface area contributed by atoms with Crippen LogP contribution in [-0.2, 0) is 28.6 Å². The van der Waals surface area contributed by atoms with E-state index in [4.69, 9.17) is 14.2 Å². The molecule has 0 aliphatic heterocycles. The summed E-state index contributed by atoms with van der Waals surface area (Å²) in [5.74, 6) is -1.06. The number of unbranched alkanes of at least 4 members (excludes halogenated alkanes) is 9. The number of hydrogen-bond acceptors (Lipinski definition) is 6. The average molecular weight is 869 g/mol. The van der Waals surface area contributed by atoms with Gasteiger partial charge in [0.25, 0.3) is 0 Å². The van der Waals surface area contributed by atoms with E-state index >= 15 is 0 Å². The summed E-state index contributed by atoms with van der Waals surface area (Å²) in [6, 6.07) is 0. The molecule has 0 fully saturated rings.